The third-order valence-corrected chi connectivity index (χ3v) is 3.54. The normalized spacial score (nSPS) is 12.0. The molecule has 4 nitrogen and oxygen atoms in total. The van der Waals surface area contributed by atoms with Gasteiger partial charge in [-0.2, -0.15) is 0 Å². The molecule has 0 saturated carbocycles. The van der Waals surface area contributed by atoms with Gasteiger partial charge in [0.2, 0.25) is 0 Å². The lowest BCUT2D eigenvalue weighted by molar-refractivity contribution is -0.870. The summed E-state index contributed by atoms with van der Waals surface area (Å²) < 4.78 is 0.665. The number of hydrogen-bond donors (Lipinski definition) is 1. The highest BCUT2D eigenvalue weighted by molar-refractivity contribution is 5.66. The Kier molecular flexibility index (Phi) is 6.21. The Morgan fingerprint density at radius 2 is 1.68 bits per heavy atom. The minimum absolute atomic E-state index is 0.0323. The summed E-state index contributed by atoms with van der Waals surface area (Å²) in [5.41, 5.74) is 2.70. The summed E-state index contributed by atoms with van der Waals surface area (Å²) >= 11 is 0. The van der Waals surface area contributed by atoms with Gasteiger partial charge in [0.25, 0.3) is 0 Å². The zero-order chi connectivity index (χ0) is 18.3. The van der Waals surface area contributed by atoms with Gasteiger partial charge in [0.05, 0.1) is 33.7 Å². The number of nitrogens with zero attached hydrogens (tertiary/aromatic N) is 1. The van der Waals surface area contributed by atoms with Crippen molar-refractivity contribution in [2.45, 2.75) is 12.5 Å². The summed E-state index contributed by atoms with van der Waals surface area (Å²) in [7, 11) is 6.10. The minimum atomic E-state index is -1.05. The van der Waals surface area contributed by atoms with Crippen LogP contribution in [0.3, 0.4) is 0 Å². The Morgan fingerprint density at radius 3 is 2.32 bits per heavy atom. The van der Waals surface area contributed by atoms with E-state index in [2.05, 4.69) is 17.2 Å². The molecule has 0 aliphatic rings. The molecule has 2 aromatic rings. The van der Waals surface area contributed by atoms with E-state index in [1.165, 1.54) is 0 Å². The monoisotopic (exact) mass is 336 g/mol. The minimum Gasteiger partial charge on any atom is -0.550 e. The van der Waals surface area contributed by atoms with Crippen LogP contribution in [0.25, 0.3) is 0 Å². The number of carbonyl (C=O) groups excluding carboxylic acids is 1. The van der Waals surface area contributed by atoms with E-state index in [0.717, 1.165) is 16.8 Å². The quantitative estimate of drug-likeness (QED) is 0.645. The number of aliphatic carboxylic acids is 1. The van der Waals surface area contributed by atoms with Crippen molar-refractivity contribution in [2.24, 2.45) is 0 Å². The van der Waals surface area contributed by atoms with Crippen molar-refractivity contribution in [1.29, 1.82) is 0 Å². The average molecular weight is 336 g/mol. The number of rotatable bonds is 6. The fourth-order valence-corrected chi connectivity index (χ4v) is 2.61. The van der Waals surface area contributed by atoms with Gasteiger partial charge in [-0.1, -0.05) is 36.1 Å². The second-order valence-corrected chi connectivity index (χ2v) is 7.09. The van der Waals surface area contributed by atoms with Gasteiger partial charge in [0.1, 0.15) is 0 Å². The summed E-state index contributed by atoms with van der Waals surface area (Å²) in [5, 5.41) is 14.3. The third kappa shape index (κ3) is 7.11. The number of anilines is 1. The maximum Gasteiger partial charge on any atom is 0.0988 e. The van der Waals surface area contributed by atoms with Crippen molar-refractivity contribution in [2.75, 3.05) is 33.0 Å². The van der Waals surface area contributed by atoms with Crippen LogP contribution in [0, 0.1) is 11.8 Å². The predicted octanol–water partition coefficient (Wildman–Crippen LogP) is 1.71. The summed E-state index contributed by atoms with van der Waals surface area (Å²) in [5.74, 6) is 5.22. The zero-order valence-corrected chi connectivity index (χ0v) is 15.0. The summed E-state index contributed by atoms with van der Waals surface area (Å²) in [6, 6.07) is 17.3. The first-order valence-corrected chi connectivity index (χ1v) is 8.26. The third-order valence-electron chi connectivity index (χ3n) is 3.54. The van der Waals surface area contributed by atoms with E-state index in [0.29, 0.717) is 11.0 Å². The lowest BCUT2D eigenvalue weighted by Crippen LogP contribution is -2.46. The zero-order valence-electron chi connectivity index (χ0n) is 15.0. The van der Waals surface area contributed by atoms with Crippen LogP contribution in [0.15, 0.2) is 54.6 Å². The summed E-state index contributed by atoms with van der Waals surface area (Å²) in [6.07, 6.45) is -0.0323. The second-order valence-electron chi connectivity index (χ2n) is 7.09. The molecule has 2 aromatic carbocycles. The molecule has 0 spiro atoms. The summed E-state index contributed by atoms with van der Waals surface area (Å²) in [6.45, 7) is 0.675. The number of hydrogen-bond acceptors (Lipinski definition) is 3. The highest BCUT2D eigenvalue weighted by Crippen LogP contribution is 2.14. The first-order valence-electron chi connectivity index (χ1n) is 8.26. The fourth-order valence-electron chi connectivity index (χ4n) is 2.61. The molecule has 0 aliphatic carbocycles. The SMILES string of the molecule is C[N+](C)(C)C[C@@H](CC(=O)[O-])Nc1cccc(C#Cc2ccccc2)c1. The van der Waals surface area contributed by atoms with Gasteiger partial charge >= 0.3 is 0 Å². The first-order chi connectivity index (χ1) is 11.8. The Bertz CT molecular complexity index is 768. The molecule has 0 fully saturated rings. The highest BCUT2D eigenvalue weighted by atomic mass is 16.4. The van der Waals surface area contributed by atoms with Crippen molar-refractivity contribution in [3.63, 3.8) is 0 Å². The molecule has 0 unspecified atom stereocenters. The average Bonchev–Trinajstić information content (AvgIpc) is 2.52. The topological polar surface area (TPSA) is 52.2 Å². The van der Waals surface area contributed by atoms with Crippen molar-refractivity contribution < 1.29 is 14.4 Å². The molecule has 4 heteroatoms. The van der Waals surface area contributed by atoms with Crippen molar-refractivity contribution in [3.8, 4) is 11.8 Å². The molecule has 0 amide bonds. The molecule has 0 aromatic heterocycles. The van der Waals surface area contributed by atoms with Crippen LogP contribution < -0.4 is 10.4 Å². The molecule has 0 radical (unpaired) electrons. The van der Waals surface area contributed by atoms with Crippen LogP contribution in [0.4, 0.5) is 5.69 Å². The van der Waals surface area contributed by atoms with Gasteiger partial charge in [0, 0.05) is 29.2 Å². The first kappa shape index (κ1) is 18.6. The molecule has 2 rings (SSSR count). The van der Waals surface area contributed by atoms with Crippen molar-refractivity contribution >= 4 is 11.7 Å². The number of carbonyl (C=O) groups is 1. The number of quaternary nitrogens is 1. The van der Waals surface area contributed by atoms with Gasteiger partial charge in [-0.05, 0) is 30.3 Å². The van der Waals surface area contributed by atoms with Crippen LogP contribution in [-0.2, 0) is 4.79 Å². The number of nitrogens with one attached hydrogen (secondary N) is 1. The van der Waals surface area contributed by atoms with E-state index >= 15 is 0 Å². The van der Waals surface area contributed by atoms with E-state index in [1.54, 1.807) is 0 Å². The molecule has 1 N–H and O–H groups in total. The Morgan fingerprint density at radius 1 is 1.04 bits per heavy atom. The van der Waals surface area contributed by atoms with Gasteiger partial charge in [-0.15, -0.1) is 0 Å². The summed E-state index contributed by atoms with van der Waals surface area (Å²) in [4.78, 5) is 11.0. The van der Waals surface area contributed by atoms with Crippen LogP contribution in [0.5, 0.6) is 0 Å². The van der Waals surface area contributed by atoms with E-state index in [9.17, 15) is 9.90 Å². The molecular weight excluding hydrogens is 312 g/mol. The van der Waals surface area contributed by atoms with Gasteiger partial charge in [-0.3, -0.25) is 0 Å². The smallest absolute Gasteiger partial charge is 0.0988 e. The standard InChI is InChI=1S/C21H24N2O2/c1-23(2,3)16-20(15-21(24)25)22-19-11-7-10-18(14-19)13-12-17-8-5-4-6-9-17/h4-11,14,20,22H,15-16H2,1-3H3/t20-/m1/s1. The van der Waals surface area contributed by atoms with Gasteiger partial charge in [-0.25, -0.2) is 0 Å². The van der Waals surface area contributed by atoms with E-state index < -0.39 is 5.97 Å². The van der Waals surface area contributed by atoms with Crippen LogP contribution >= 0.6 is 0 Å². The van der Waals surface area contributed by atoms with Crippen LogP contribution in [0.2, 0.25) is 0 Å². The number of benzene rings is 2. The van der Waals surface area contributed by atoms with Gasteiger partial charge in [0.15, 0.2) is 0 Å². The highest BCUT2D eigenvalue weighted by Gasteiger charge is 2.18. The molecule has 25 heavy (non-hydrogen) atoms. The fraction of sp³-hybridized carbons (Fsp3) is 0.286. The molecule has 130 valence electrons. The van der Waals surface area contributed by atoms with E-state index in [4.69, 9.17) is 0 Å². The maximum atomic E-state index is 11.0. The lowest BCUT2D eigenvalue weighted by Gasteiger charge is -2.30. The molecule has 1 atom stereocenters. The van der Waals surface area contributed by atoms with Crippen molar-refractivity contribution in [1.82, 2.24) is 0 Å². The number of carboxylic acid groups (broad SMARTS) is 1. The predicted molar refractivity (Wildman–Crippen MR) is 98.8 cm³/mol. The molecular formula is C21H24N2O2. The lowest BCUT2D eigenvalue weighted by atomic mass is 10.1. The Labute approximate surface area is 149 Å². The van der Waals surface area contributed by atoms with Gasteiger partial charge < -0.3 is 19.7 Å². The number of carboxylic acids is 1. The molecule has 0 heterocycles. The second kappa shape index (κ2) is 8.36. The Balaban J connectivity index is 2.13. The molecule has 0 aliphatic heterocycles. The Hall–Kier alpha value is -2.77. The van der Waals surface area contributed by atoms with E-state index in [1.807, 2.05) is 75.7 Å². The van der Waals surface area contributed by atoms with E-state index in [-0.39, 0.29) is 12.5 Å². The van der Waals surface area contributed by atoms with Crippen molar-refractivity contribution in [3.05, 3.63) is 65.7 Å². The maximum absolute atomic E-state index is 11.0. The largest absolute Gasteiger partial charge is 0.550 e. The number of likely N-dealkylation sites (N-methyl/N-ethyl adjacent to an activating group) is 1. The van der Waals surface area contributed by atoms with Crippen LogP contribution in [-0.4, -0.2) is 44.2 Å². The molecule has 0 bridgehead atoms. The van der Waals surface area contributed by atoms with Crippen LogP contribution in [0.1, 0.15) is 17.5 Å². The molecule has 0 saturated heterocycles.